The molecule has 0 radical (unpaired) electrons. The summed E-state index contributed by atoms with van der Waals surface area (Å²) in [4.78, 5) is 27.9. The molecule has 0 atom stereocenters. The van der Waals surface area contributed by atoms with Gasteiger partial charge in [0.05, 0.1) is 36.9 Å². The second kappa shape index (κ2) is 10.7. The molecule has 6 heteroatoms. The van der Waals surface area contributed by atoms with Crippen LogP contribution >= 0.6 is 0 Å². The summed E-state index contributed by atoms with van der Waals surface area (Å²) >= 11 is 0. The van der Waals surface area contributed by atoms with Gasteiger partial charge in [-0.1, -0.05) is 35.9 Å². The highest BCUT2D eigenvalue weighted by atomic mass is 16.5. The molecular formula is C26H29NO5. The third-order valence-corrected chi connectivity index (χ3v) is 5.06. The number of para-hydroxylation sites is 1. The number of aryl methyl sites for hydroxylation is 1. The maximum atomic E-state index is 13.1. The molecule has 0 aliphatic carbocycles. The monoisotopic (exact) mass is 435 g/mol. The van der Waals surface area contributed by atoms with E-state index in [1.165, 1.54) is 0 Å². The van der Waals surface area contributed by atoms with Gasteiger partial charge in [0.15, 0.2) is 0 Å². The third-order valence-electron chi connectivity index (χ3n) is 5.06. The lowest BCUT2D eigenvalue weighted by atomic mass is 9.82. The van der Waals surface area contributed by atoms with Gasteiger partial charge >= 0.3 is 11.9 Å². The number of ether oxygens (including phenoxy) is 3. The second-order valence-corrected chi connectivity index (χ2v) is 7.26. The van der Waals surface area contributed by atoms with E-state index in [1.807, 2.05) is 62.4 Å². The Balaban J connectivity index is 2.20. The zero-order chi connectivity index (χ0) is 23.1. The van der Waals surface area contributed by atoms with Crippen molar-refractivity contribution < 1.29 is 23.8 Å². The minimum absolute atomic E-state index is 0.221. The Bertz CT molecular complexity index is 987. The molecule has 2 aromatic rings. The first kappa shape index (κ1) is 23.1. The van der Waals surface area contributed by atoms with Gasteiger partial charge in [0.25, 0.3) is 0 Å². The molecule has 0 bridgehead atoms. The number of hydrogen-bond acceptors (Lipinski definition) is 6. The van der Waals surface area contributed by atoms with E-state index in [4.69, 9.17) is 14.2 Å². The standard InChI is InChI=1S/C26H29NO5/c1-5-30-23-11-9-8-10-20(23)24-21(25(28)31-6-2)16-27(17-22(24)26(29)32-7-3)19-14-12-18(4)13-15-19/h8-17,24H,5-7H2,1-4H3. The summed E-state index contributed by atoms with van der Waals surface area (Å²) in [5, 5.41) is 0. The lowest BCUT2D eigenvalue weighted by molar-refractivity contribution is -0.139. The maximum absolute atomic E-state index is 13.1. The van der Waals surface area contributed by atoms with Crippen molar-refractivity contribution in [3.63, 3.8) is 0 Å². The van der Waals surface area contributed by atoms with E-state index < -0.39 is 17.9 Å². The number of esters is 2. The number of benzene rings is 2. The van der Waals surface area contributed by atoms with E-state index in [2.05, 4.69) is 0 Å². The van der Waals surface area contributed by atoms with E-state index in [0.717, 1.165) is 11.3 Å². The van der Waals surface area contributed by atoms with E-state index >= 15 is 0 Å². The molecular weight excluding hydrogens is 406 g/mol. The molecule has 0 spiro atoms. The number of anilines is 1. The molecule has 2 aromatic carbocycles. The van der Waals surface area contributed by atoms with E-state index in [1.54, 1.807) is 31.1 Å². The molecule has 168 valence electrons. The second-order valence-electron chi connectivity index (χ2n) is 7.26. The molecule has 0 saturated heterocycles. The van der Waals surface area contributed by atoms with Crippen LogP contribution in [0.25, 0.3) is 0 Å². The van der Waals surface area contributed by atoms with Crippen LogP contribution in [0.3, 0.4) is 0 Å². The largest absolute Gasteiger partial charge is 0.494 e. The smallest absolute Gasteiger partial charge is 0.336 e. The highest BCUT2D eigenvalue weighted by molar-refractivity contribution is 6.00. The summed E-state index contributed by atoms with van der Waals surface area (Å²) in [7, 11) is 0. The van der Waals surface area contributed by atoms with Gasteiger partial charge in [-0.25, -0.2) is 9.59 Å². The van der Waals surface area contributed by atoms with Crippen molar-refractivity contribution in [3.8, 4) is 5.75 Å². The van der Waals surface area contributed by atoms with Crippen molar-refractivity contribution in [3.05, 3.63) is 83.2 Å². The minimum Gasteiger partial charge on any atom is -0.494 e. The van der Waals surface area contributed by atoms with Crippen LogP contribution in [0.4, 0.5) is 5.69 Å². The van der Waals surface area contributed by atoms with Gasteiger partial charge in [-0.15, -0.1) is 0 Å². The first-order chi connectivity index (χ1) is 15.5. The van der Waals surface area contributed by atoms with Crippen molar-refractivity contribution in [2.75, 3.05) is 24.7 Å². The van der Waals surface area contributed by atoms with Gasteiger partial charge in [-0.2, -0.15) is 0 Å². The molecule has 1 heterocycles. The van der Waals surface area contributed by atoms with Crippen LogP contribution in [0, 0.1) is 6.92 Å². The molecule has 0 N–H and O–H groups in total. The van der Waals surface area contributed by atoms with Gasteiger partial charge < -0.3 is 19.1 Å². The van der Waals surface area contributed by atoms with E-state index in [0.29, 0.717) is 29.1 Å². The third kappa shape index (κ3) is 5.02. The van der Waals surface area contributed by atoms with Crippen molar-refractivity contribution >= 4 is 17.6 Å². The molecule has 1 aliphatic rings. The first-order valence-corrected chi connectivity index (χ1v) is 10.8. The number of carbonyl (C=O) groups is 2. The van der Waals surface area contributed by atoms with Crippen LogP contribution < -0.4 is 9.64 Å². The minimum atomic E-state index is -0.683. The maximum Gasteiger partial charge on any atom is 0.336 e. The Hall–Kier alpha value is -3.54. The van der Waals surface area contributed by atoms with Gasteiger partial charge in [0.2, 0.25) is 0 Å². The number of hydrogen-bond donors (Lipinski definition) is 0. The summed E-state index contributed by atoms with van der Waals surface area (Å²) in [6, 6.07) is 15.2. The Kier molecular flexibility index (Phi) is 7.71. The molecule has 3 rings (SSSR count). The predicted octanol–water partition coefficient (Wildman–Crippen LogP) is 4.89. The first-order valence-electron chi connectivity index (χ1n) is 10.8. The average Bonchev–Trinajstić information content (AvgIpc) is 2.80. The molecule has 6 nitrogen and oxygen atoms in total. The molecule has 32 heavy (non-hydrogen) atoms. The fraction of sp³-hybridized carbons (Fsp3) is 0.308. The Morgan fingerprint density at radius 1 is 0.812 bits per heavy atom. The normalized spacial score (nSPS) is 13.8. The molecule has 1 aliphatic heterocycles. The van der Waals surface area contributed by atoms with Crippen LogP contribution in [0.15, 0.2) is 72.1 Å². The molecule has 0 fully saturated rings. The summed E-state index contributed by atoms with van der Waals surface area (Å²) in [6.45, 7) is 8.30. The zero-order valence-corrected chi connectivity index (χ0v) is 19.0. The van der Waals surface area contributed by atoms with Crippen molar-refractivity contribution in [2.45, 2.75) is 33.6 Å². The Morgan fingerprint density at radius 3 is 1.91 bits per heavy atom. The van der Waals surface area contributed by atoms with Crippen LogP contribution in [0.2, 0.25) is 0 Å². The average molecular weight is 436 g/mol. The topological polar surface area (TPSA) is 65.1 Å². The van der Waals surface area contributed by atoms with Crippen LogP contribution in [-0.2, 0) is 19.1 Å². The fourth-order valence-corrected chi connectivity index (χ4v) is 3.63. The van der Waals surface area contributed by atoms with Gasteiger partial charge in [-0.3, -0.25) is 0 Å². The molecule has 0 amide bonds. The zero-order valence-electron chi connectivity index (χ0n) is 19.0. The Labute approximate surface area is 189 Å². The number of carbonyl (C=O) groups excluding carboxylic acids is 2. The molecule has 0 aromatic heterocycles. The summed E-state index contributed by atoms with van der Waals surface area (Å²) in [5.74, 6) is -1.06. The fourth-order valence-electron chi connectivity index (χ4n) is 3.63. The lowest BCUT2D eigenvalue weighted by Crippen LogP contribution is -2.29. The summed E-state index contributed by atoms with van der Waals surface area (Å²) in [6.07, 6.45) is 3.44. The van der Waals surface area contributed by atoms with Crippen LogP contribution in [0.5, 0.6) is 5.75 Å². The van der Waals surface area contributed by atoms with Crippen molar-refractivity contribution in [2.24, 2.45) is 0 Å². The van der Waals surface area contributed by atoms with E-state index in [9.17, 15) is 9.59 Å². The summed E-state index contributed by atoms with van der Waals surface area (Å²) < 4.78 is 16.6. The van der Waals surface area contributed by atoms with Crippen molar-refractivity contribution in [1.29, 1.82) is 0 Å². The SMILES string of the molecule is CCOC(=O)C1=CN(c2ccc(C)cc2)C=C(C(=O)OCC)C1c1ccccc1OCC. The van der Waals surface area contributed by atoms with Gasteiger partial charge in [-0.05, 0) is 45.9 Å². The lowest BCUT2D eigenvalue weighted by Gasteiger charge is -2.31. The van der Waals surface area contributed by atoms with E-state index in [-0.39, 0.29) is 13.2 Å². The molecule has 0 saturated carbocycles. The number of rotatable bonds is 8. The van der Waals surface area contributed by atoms with Crippen LogP contribution in [0.1, 0.15) is 37.8 Å². The highest BCUT2D eigenvalue weighted by Gasteiger charge is 2.37. The van der Waals surface area contributed by atoms with Gasteiger partial charge in [0.1, 0.15) is 5.75 Å². The summed E-state index contributed by atoms with van der Waals surface area (Å²) in [5.41, 5.74) is 3.31. The predicted molar refractivity (Wildman–Crippen MR) is 123 cm³/mol. The molecule has 0 unspecified atom stereocenters. The highest BCUT2D eigenvalue weighted by Crippen LogP contribution is 2.42. The van der Waals surface area contributed by atoms with Crippen LogP contribution in [-0.4, -0.2) is 31.8 Å². The van der Waals surface area contributed by atoms with Gasteiger partial charge in [0, 0.05) is 23.7 Å². The van der Waals surface area contributed by atoms with Crippen molar-refractivity contribution in [1.82, 2.24) is 0 Å². The Morgan fingerprint density at radius 2 is 1.38 bits per heavy atom. The number of nitrogens with zero attached hydrogens (tertiary/aromatic N) is 1. The quantitative estimate of drug-likeness (QED) is 0.550.